The fourth-order valence-corrected chi connectivity index (χ4v) is 1.64. The summed E-state index contributed by atoms with van der Waals surface area (Å²) in [7, 11) is 0. The predicted molar refractivity (Wildman–Crippen MR) is 69.7 cm³/mol. The molecule has 0 saturated carbocycles. The van der Waals surface area contributed by atoms with E-state index in [1.807, 2.05) is 6.92 Å². The van der Waals surface area contributed by atoms with Crippen molar-refractivity contribution in [3.8, 4) is 0 Å². The molecular weight excluding hydrogens is 256 g/mol. The highest BCUT2D eigenvalue weighted by Crippen LogP contribution is 2.19. The summed E-state index contributed by atoms with van der Waals surface area (Å²) in [5.41, 5.74) is 6.19. The summed E-state index contributed by atoms with van der Waals surface area (Å²) in [6.07, 6.45) is 1.05. The Morgan fingerprint density at radius 1 is 1.50 bits per heavy atom. The molecule has 1 atom stereocenters. The van der Waals surface area contributed by atoms with Crippen molar-refractivity contribution < 1.29 is 14.7 Å². The molecule has 0 heterocycles. The predicted octanol–water partition coefficient (Wildman–Crippen LogP) is 1.91. The number of hydrogen-bond acceptors (Lipinski definition) is 3. The summed E-state index contributed by atoms with van der Waals surface area (Å²) < 4.78 is 0. The Kier molecular flexibility index (Phi) is 4.97. The van der Waals surface area contributed by atoms with Gasteiger partial charge in [0.1, 0.15) is 6.04 Å². The van der Waals surface area contributed by atoms with Crippen molar-refractivity contribution in [1.29, 1.82) is 0 Å². The van der Waals surface area contributed by atoms with Gasteiger partial charge in [0.25, 0.3) is 5.91 Å². The second kappa shape index (κ2) is 6.26. The number of nitrogens with two attached hydrogens (primary N) is 1. The highest BCUT2D eigenvalue weighted by molar-refractivity contribution is 6.33. The van der Waals surface area contributed by atoms with Crippen molar-refractivity contribution in [1.82, 2.24) is 5.32 Å². The normalized spacial score (nSPS) is 11.9. The van der Waals surface area contributed by atoms with Gasteiger partial charge in [-0.25, -0.2) is 4.79 Å². The number of aliphatic carboxylic acids is 1. The van der Waals surface area contributed by atoms with Crippen molar-refractivity contribution in [2.45, 2.75) is 25.8 Å². The third kappa shape index (κ3) is 3.63. The van der Waals surface area contributed by atoms with Gasteiger partial charge in [0.05, 0.1) is 10.7 Å². The Balaban J connectivity index is 2.80. The number of nitrogens with one attached hydrogen (secondary N) is 1. The Morgan fingerprint density at radius 2 is 2.17 bits per heavy atom. The maximum absolute atomic E-state index is 11.8. The number of hydrogen-bond donors (Lipinski definition) is 3. The average Bonchev–Trinajstić information content (AvgIpc) is 2.31. The number of amides is 1. The number of carboxylic acids is 1. The highest BCUT2D eigenvalue weighted by Gasteiger charge is 2.19. The largest absolute Gasteiger partial charge is 0.480 e. The van der Waals surface area contributed by atoms with E-state index in [1.54, 1.807) is 0 Å². The maximum atomic E-state index is 11.8. The standard InChI is InChI=1S/C12H15ClN2O3/c1-2-3-10(12(17)18)15-11(16)7-4-5-9(14)8(13)6-7/h4-6,10H,2-3,14H2,1H3,(H,15,16)(H,17,18). The van der Waals surface area contributed by atoms with Crippen LogP contribution in [0.4, 0.5) is 5.69 Å². The lowest BCUT2D eigenvalue weighted by Crippen LogP contribution is -2.40. The molecule has 0 spiro atoms. The third-order valence-electron chi connectivity index (χ3n) is 2.44. The molecule has 6 heteroatoms. The van der Waals surface area contributed by atoms with E-state index in [2.05, 4.69) is 5.32 Å². The number of halogens is 1. The molecule has 0 saturated heterocycles. The quantitative estimate of drug-likeness (QED) is 0.713. The van der Waals surface area contributed by atoms with Gasteiger partial charge >= 0.3 is 5.97 Å². The monoisotopic (exact) mass is 270 g/mol. The molecule has 18 heavy (non-hydrogen) atoms. The SMILES string of the molecule is CCCC(NC(=O)c1ccc(N)c(Cl)c1)C(=O)O. The summed E-state index contributed by atoms with van der Waals surface area (Å²) >= 11 is 5.80. The van der Waals surface area contributed by atoms with Crippen molar-refractivity contribution in [2.75, 3.05) is 5.73 Å². The molecule has 0 fully saturated rings. The molecule has 0 aliphatic carbocycles. The zero-order chi connectivity index (χ0) is 13.7. The fourth-order valence-electron chi connectivity index (χ4n) is 1.46. The number of benzene rings is 1. The first-order valence-electron chi connectivity index (χ1n) is 5.54. The van der Waals surface area contributed by atoms with Crippen LogP contribution in [0, 0.1) is 0 Å². The molecule has 0 radical (unpaired) electrons. The van der Waals surface area contributed by atoms with Crippen LogP contribution >= 0.6 is 11.6 Å². The van der Waals surface area contributed by atoms with Crippen molar-refractivity contribution in [3.05, 3.63) is 28.8 Å². The molecule has 1 unspecified atom stereocenters. The van der Waals surface area contributed by atoms with Gasteiger partial charge in [0.2, 0.25) is 0 Å². The minimum absolute atomic E-state index is 0.269. The molecular formula is C12H15ClN2O3. The molecule has 4 N–H and O–H groups in total. The highest BCUT2D eigenvalue weighted by atomic mass is 35.5. The summed E-state index contributed by atoms with van der Waals surface area (Å²) in [5.74, 6) is -1.52. The lowest BCUT2D eigenvalue weighted by molar-refractivity contribution is -0.139. The van der Waals surface area contributed by atoms with E-state index in [0.29, 0.717) is 18.5 Å². The second-order valence-electron chi connectivity index (χ2n) is 3.89. The summed E-state index contributed by atoms with van der Waals surface area (Å²) in [4.78, 5) is 22.7. The number of carbonyl (C=O) groups is 2. The Morgan fingerprint density at radius 3 is 2.67 bits per heavy atom. The summed E-state index contributed by atoms with van der Waals surface area (Å²) in [6.45, 7) is 1.85. The maximum Gasteiger partial charge on any atom is 0.326 e. The molecule has 0 bridgehead atoms. The van der Waals surface area contributed by atoms with E-state index in [0.717, 1.165) is 0 Å². The number of carboxylic acid groups (broad SMARTS) is 1. The van der Waals surface area contributed by atoms with E-state index in [9.17, 15) is 9.59 Å². The lowest BCUT2D eigenvalue weighted by atomic mass is 10.1. The van der Waals surface area contributed by atoms with Crippen molar-refractivity contribution in [3.63, 3.8) is 0 Å². The van der Waals surface area contributed by atoms with Gasteiger partial charge in [0.15, 0.2) is 0 Å². The summed E-state index contributed by atoms with van der Waals surface area (Å²) in [5, 5.41) is 11.6. The van der Waals surface area contributed by atoms with Crippen LogP contribution in [-0.4, -0.2) is 23.0 Å². The topological polar surface area (TPSA) is 92.4 Å². The van der Waals surface area contributed by atoms with Gasteiger partial charge in [-0.15, -0.1) is 0 Å². The molecule has 5 nitrogen and oxygen atoms in total. The van der Waals surface area contributed by atoms with Gasteiger partial charge in [-0.1, -0.05) is 24.9 Å². The van der Waals surface area contributed by atoms with E-state index >= 15 is 0 Å². The van der Waals surface area contributed by atoms with Gasteiger partial charge in [-0.3, -0.25) is 4.79 Å². The Hall–Kier alpha value is -1.75. The van der Waals surface area contributed by atoms with E-state index in [4.69, 9.17) is 22.4 Å². The molecule has 0 aliphatic rings. The second-order valence-corrected chi connectivity index (χ2v) is 4.30. The van der Waals surface area contributed by atoms with Crippen LogP contribution in [-0.2, 0) is 4.79 Å². The fraction of sp³-hybridized carbons (Fsp3) is 0.333. The van der Waals surface area contributed by atoms with Crippen LogP contribution in [0.15, 0.2) is 18.2 Å². The average molecular weight is 271 g/mol. The minimum Gasteiger partial charge on any atom is -0.480 e. The molecule has 1 aromatic carbocycles. The lowest BCUT2D eigenvalue weighted by Gasteiger charge is -2.13. The first-order valence-corrected chi connectivity index (χ1v) is 5.92. The summed E-state index contributed by atoms with van der Waals surface area (Å²) in [6, 6.07) is 3.53. The zero-order valence-corrected chi connectivity index (χ0v) is 10.7. The van der Waals surface area contributed by atoms with Gasteiger partial charge < -0.3 is 16.2 Å². The number of anilines is 1. The molecule has 0 aliphatic heterocycles. The number of carbonyl (C=O) groups excluding carboxylic acids is 1. The van der Waals surface area contributed by atoms with Gasteiger partial charge in [0, 0.05) is 5.56 Å². The Labute approximate surface area is 110 Å². The van der Waals surface area contributed by atoms with Crippen LogP contribution in [0.1, 0.15) is 30.1 Å². The van der Waals surface area contributed by atoms with Crippen molar-refractivity contribution >= 4 is 29.2 Å². The molecule has 1 rings (SSSR count). The zero-order valence-electron chi connectivity index (χ0n) is 9.94. The molecule has 98 valence electrons. The van der Waals surface area contributed by atoms with E-state index < -0.39 is 17.9 Å². The smallest absolute Gasteiger partial charge is 0.326 e. The van der Waals surface area contributed by atoms with E-state index in [1.165, 1.54) is 18.2 Å². The molecule has 1 aromatic rings. The minimum atomic E-state index is -1.05. The van der Waals surface area contributed by atoms with Gasteiger partial charge in [-0.05, 0) is 24.6 Å². The molecule has 0 aromatic heterocycles. The number of nitrogen functional groups attached to an aromatic ring is 1. The van der Waals surface area contributed by atoms with E-state index in [-0.39, 0.29) is 10.6 Å². The van der Waals surface area contributed by atoms with Gasteiger partial charge in [-0.2, -0.15) is 0 Å². The van der Waals surface area contributed by atoms with Crippen LogP contribution in [0.5, 0.6) is 0 Å². The van der Waals surface area contributed by atoms with Crippen molar-refractivity contribution in [2.24, 2.45) is 0 Å². The van der Waals surface area contributed by atoms with Crippen LogP contribution in [0.2, 0.25) is 5.02 Å². The third-order valence-corrected chi connectivity index (χ3v) is 2.77. The van der Waals surface area contributed by atoms with Crippen LogP contribution in [0.25, 0.3) is 0 Å². The Bertz CT molecular complexity index is 463. The number of rotatable bonds is 5. The van der Waals surface area contributed by atoms with Crippen LogP contribution < -0.4 is 11.1 Å². The molecule has 1 amide bonds. The first kappa shape index (κ1) is 14.3. The first-order chi connectivity index (χ1) is 8.45. The van der Waals surface area contributed by atoms with Crippen LogP contribution in [0.3, 0.4) is 0 Å².